The fourth-order valence-corrected chi connectivity index (χ4v) is 3.36. The van der Waals surface area contributed by atoms with Crippen molar-refractivity contribution >= 4 is 21.2 Å². The third kappa shape index (κ3) is 5.96. The Morgan fingerprint density at radius 1 is 1.27 bits per heavy atom. The summed E-state index contributed by atoms with van der Waals surface area (Å²) in [6, 6.07) is 4.00. The molecule has 1 N–H and O–H groups in total. The van der Waals surface area contributed by atoms with Crippen LogP contribution in [0.25, 0.3) is 0 Å². The monoisotopic (exact) mass is 381 g/mol. The van der Waals surface area contributed by atoms with Crippen LogP contribution in [-0.2, 0) is 9.84 Å². The summed E-state index contributed by atoms with van der Waals surface area (Å²) in [7, 11) is -3.51. The highest BCUT2D eigenvalue weighted by Crippen LogP contribution is 2.28. The number of nitrogens with one attached hydrogen (secondary N) is 1. The zero-order valence-corrected chi connectivity index (χ0v) is 16.3. The molecule has 26 heavy (non-hydrogen) atoms. The Bertz CT molecular complexity index is 750. The van der Waals surface area contributed by atoms with Crippen LogP contribution >= 0.6 is 0 Å². The molecule has 0 aromatic heterocycles. The highest BCUT2D eigenvalue weighted by atomic mass is 32.2. The van der Waals surface area contributed by atoms with E-state index in [0.717, 1.165) is 12.3 Å². The molecule has 0 amide bonds. The molecule has 0 saturated heterocycles. The van der Waals surface area contributed by atoms with E-state index in [9.17, 15) is 18.5 Å². The van der Waals surface area contributed by atoms with Crippen molar-refractivity contribution in [1.82, 2.24) is 4.90 Å². The second kappa shape index (κ2) is 9.49. The van der Waals surface area contributed by atoms with E-state index < -0.39 is 14.8 Å². The Labute approximate surface area is 155 Å². The summed E-state index contributed by atoms with van der Waals surface area (Å²) in [5, 5.41) is 14.5. The first-order chi connectivity index (χ1) is 12.1. The quantitative estimate of drug-likeness (QED) is 0.360. The van der Waals surface area contributed by atoms with Gasteiger partial charge in [-0.1, -0.05) is 26.0 Å². The molecule has 1 unspecified atom stereocenters. The van der Waals surface area contributed by atoms with Crippen molar-refractivity contribution < 1.29 is 13.3 Å². The minimum Gasteiger partial charge on any atom is -0.378 e. The van der Waals surface area contributed by atoms with Crippen LogP contribution in [0.15, 0.2) is 48.4 Å². The molecule has 0 heterocycles. The first-order valence-corrected chi connectivity index (χ1v) is 10.2. The average Bonchev–Trinajstić information content (AvgIpc) is 2.54. The minimum atomic E-state index is -3.51. The summed E-state index contributed by atoms with van der Waals surface area (Å²) in [6.07, 6.45) is 4.64. The number of anilines is 1. The van der Waals surface area contributed by atoms with Gasteiger partial charge in [-0.25, -0.2) is 8.42 Å². The van der Waals surface area contributed by atoms with Crippen LogP contribution in [0.1, 0.15) is 13.8 Å². The van der Waals surface area contributed by atoms with E-state index >= 15 is 0 Å². The van der Waals surface area contributed by atoms with Gasteiger partial charge in [0.25, 0.3) is 5.69 Å². The van der Waals surface area contributed by atoms with Crippen molar-refractivity contribution in [3.8, 4) is 0 Å². The van der Waals surface area contributed by atoms with Gasteiger partial charge in [0.1, 0.15) is 5.69 Å². The average molecular weight is 381 g/mol. The first kappa shape index (κ1) is 21.9. The van der Waals surface area contributed by atoms with Crippen molar-refractivity contribution in [3.63, 3.8) is 0 Å². The van der Waals surface area contributed by atoms with E-state index in [1.54, 1.807) is 0 Å². The third-order valence-electron chi connectivity index (χ3n) is 4.06. The zero-order chi connectivity index (χ0) is 19.9. The van der Waals surface area contributed by atoms with Gasteiger partial charge in [0.05, 0.1) is 9.82 Å². The summed E-state index contributed by atoms with van der Waals surface area (Å²) in [4.78, 5) is 12.9. The van der Waals surface area contributed by atoms with Crippen molar-refractivity contribution in [2.24, 2.45) is 5.92 Å². The summed E-state index contributed by atoms with van der Waals surface area (Å²) < 4.78 is 23.3. The van der Waals surface area contributed by atoms with Gasteiger partial charge in [-0.3, -0.25) is 15.0 Å². The Morgan fingerprint density at radius 2 is 1.85 bits per heavy atom. The fraction of sp³-hybridized carbons (Fsp3) is 0.444. The molecule has 0 radical (unpaired) electrons. The maximum absolute atomic E-state index is 11.6. The van der Waals surface area contributed by atoms with Gasteiger partial charge in [-0.2, -0.15) is 0 Å². The molecule has 0 fully saturated rings. The Morgan fingerprint density at radius 3 is 2.27 bits per heavy atom. The predicted octanol–water partition coefficient (Wildman–Crippen LogP) is 3.11. The van der Waals surface area contributed by atoms with E-state index in [1.165, 1.54) is 12.1 Å². The number of nitro groups is 1. The van der Waals surface area contributed by atoms with Gasteiger partial charge < -0.3 is 5.32 Å². The van der Waals surface area contributed by atoms with Gasteiger partial charge in [0.2, 0.25) is 0 Å². The highest BCUT2D eigenvalue weighted by molar-refractivity contribution is 7.90. The number of sulfone groups is 1. The number of hydrogen-bond acceptors (Lipinski definition) is 6. The topological polar surface area (TPSA) is 92.6 Å². The zero-order valence-electron chi connectivity index (χ0n) is 15.5. The minimum absolute atomic E-state index is 0.0740. The largest absolute Gasteiger partial charge is 0.378 e. The summed E-state index contributed by atoms with van der Waals surface area (Å²) >= 11 is 0. The summed E-state index contributed by atoms with van der Waals surface area (Å²) in [5.74, 6) is 0.289. The number of hydrogen-bond donors (Lipinski definition) is 1. The van der Waals surface area contributed by atoms with Crippen molar-refractivity contribution in [2.75, 3.05) is 31.2 Å². The van der Waals surface area contributed by atoms with Crippen molar-refractivity contribution in [2.45, 2.75) is 24.8 Å². The second-order valence-electron chi connectivity index (χ2n) is 6.43. The van der Waals surface area contributed by atoms with Crippen molar-refractivity contribution in [1.29, 1.82) is 0 Å². The molecule has 1 aromatic rings. The molecule has 0 saturated carbocycles. The number of benzene rings is 1. The van der Waals surface area contributed by atoms with E-state index in [1.807, 2.05) is 12.2 Å². The molecule has 0 bridgehead atoms. The van der Waals surface area contributed by atoms with E-state index in [4.69, 9.17) is 0 Å². The number of nitrogens with zero attached hydrogens (tertiary/aromatic N) is 2. The molecule has 8 heteroatoms. The molecule has 1 rings (SSSR count). The van der Waals surface area contributed by atoms with Crippen LogP contribution in [0.3, 0.4) is 0 Å². The first-order valence-electron chi connectivity index (χ1n) is 8.30. The van der Waals surface area contributed by atoms with Gasteiger partial charge in [0.15, 0.2) is 9.84 Å². The summed E-state index contributed by atoms with van der Waals surface area (Å²) in [5.41, 5.74) is 0.0413. The molecule has 0 spiro atoms. The molecule has 1 atom stereocenters. The molecule has 1 aromatic carbocycles. The SMILES string of the molecule is C=CCN(CC=C)C(CNc1ccc(S(C)(=O)=O)cc1[N+](=O)[O-])C(C)C. The maximum atomic E-state index is 11.6. The third-order valence-corrected chi connectivity index (χ3v) is 5.17. The molecule has 144 valence electrons. The smallest absolute Gasteiger partial charge is 0.293 e. The molecular formula is C18H27N3O4S. The van der Waals surface area contributed by atoms with Crippen LogP contribution in [0.2, 0.25) is 0 Å². The van der Waals surface area contributed by atoms with Crippen LogP contribution < -0.4 is 5.32 Å². The molecular weight excluding hydrogens is 354 g/mol. The molecule has 0 aliphatic carbocycles. The molecule has 0 aliphatic rings. The molecule has 7 nitrogen and oxygen atoms in total. The lowest BCUT2D eigenvalue weighted by atomic mass is 10.0. The number of rotatable bonds is 11. The highest BCUT2D eigenvalue weighted by Gasteiger charge is 2.23. The van der Waals surface area contributed by atoms with Gasteiger partial charge in [0, 0.05) is 38.0 Å². The lowest BCUT2D eigenvalue weighted by molar-refractivity contribution is -0.384. The van der Waals surface area contributed by atoms with E-state index in [2.05, 4.69) is 37.2 Å². The van der Waals surface area contributed by atoms with Gasteiger partial charge in [-0.05, 0) is 18.1 Å². The fourth-order valence-electron chi connectivity index (χ4n) is 2.72. The lowest BCUT2D eigenvalue weighted by Gasteiger charge is -2.33. The van der Waals surface area contributed by atoms with Crippen LogP contribution in [0, 0.1) is 16.0 Å². The molecule has 0 aliphatic heterocycles. The van der Waals surface area contributed by atoms with Crippen LogP contribution in [0.4, 0.5) is 11.4 Å². The normalized spacial score (nSPS) is 12.8. The Balaban J connectivity index is 3.10. The number of nitro benzene ring substituents is 1. The Hall–Kier alpha value is -2.19. The standard InChI is InChI=1S/C18H27N3O4S/c1-6-10-20(11-7-2)18(14(3)4)13-19-16-9-8-15(26(5,24)25)12-17(16)21(22)23/h6-9,12,14,18-19H,1-2,10-11,13H2,3-5H3. The van der Waals surface area contributed by atoms with E-state index in [-0.39, 0.29) is 22.5 Å². The van der Waals surface area contributed by atoms with Gasteiger partial charge >= 0.3 is 0 Å². The van der Waals surface area contributed by atoms with Crippen LogP contribution in [-0.4, -0.2) is 50.2 Å². The predicted molar refractivity (Wildman–Crippen MR) is 105 cm³/mol. The second-order valence-corrected chi connectivity index (χ2v) is 8.45. The maximum Gasteiger partial charge on any atom is 0.293 e. The Kier molecular flexibility index (Phi) is 7.98. The summed E-state index contributed by atoms with van der Waals surface area (Å²) in [6.45, 7) is 13.5. The van der Waals surface area contributed by atoms with Crippen molar-refractivity contribution in [3.05, 3.63) is 53.6 Å². The lowest BCUT2D eigenvalue weighted by Crippen LogP contribution is -2.43. The van der Waals surface area contributed by atoms with Crippen LogP contribution in [0.5, 0.6) is 0 Å². The van der Waals surface area contributed by atoms with Gasteiger partial charge in [-0.15, -0.1) is 13.2 Å². The van der Waals surface area contributed by atoms with E-state index in [0.29, 0.717) is 25.3 Å².